The van der Waals surface area contributed by atoms with Crippen molar-refractivity contribution in [2.24, 2.45) is 5.92 Å². The van der Waals surface area contributed by atoms with Gasteiger partial charge in [0.15, 0.2) is 0 Å². The van der Waals surface area contributed by atoms with Gasteiger partial charge in [0.05, 0.1) is 11.9 Å². The van der Waals surface area contributed by atoms with Crippen LogP contribution in [0, 0.1) is 19.8 Å². The van der Waals surface area contributed by atoms with Crippen LogP contribution in [0.15, 0.2) is 12.3 Å². The van der Waals surface area contributed by atoms with E-state index in [9.17, 15) is 0 Å². The Morgan fingerprint density at radius 3 is 2.86 bits per heavy atom. The maximum atomic E-state index is 9.10. The molecule has 21 heavy (non-hydrogen) atoms. The molecule has 1 unspecified atom stereocenters. The lowest BCUT2D eigenvalue weighted by atomic mass is 10.0. The van der Waals surface area contributed by atoms with Crippen molar-refractivity contribution in [3.8, 4) is 0 Å². The molecule has 0 aliphatic rings. The average Bonchev–Trinajstić information content (AvgIpc) is 2.82. The highest BCUT2D eigenvalue weighted by Gasteiger charge is 2.10. The molecule has 2 N–H and O–H groups in total. The van der Waals surface area contributed by atoms with Crippen molar-refractivity contribution in [1.82, 2.24) is 19.7 Å². The lowest BCUT2D eigenvalue weighted by Gasteiger charge is -2.15. The van der Waals surface area contributed by atoms with E-state index in [4.69, 9.17) is 5.11 Å². The predicted octanol–water partition coefficient (Wildman–Crippen LogP) is 2.23. The number of aryl methyl sites for hydroxylation is 2. The molecule has 2 aromatic rings. The summed E-state index contributed by atoms with van der Waals surface area (Å²) < 4.78 is 2.10. The average molecular weight is 290 g/mol. The molecule has 0 spiro atoms. The lowest BCUT2D eigenvalue weighted by Crippen LogP contribution is -2.24. The first kappa shape index (κ1) is 15.9. The molecular formula is C16H26N4O. The van der Waals surface area contributed by atoms with E-state index < -0.39 is 0 Å². The van der Waals surface area contributed by atoms with Crippen LogP contribution in [-0.4, -0.2) is 32.6 Å². The number of imidazole rings is 1. The molecule has 2 rings (SSSR count). The number of rotatable bonds is 8. The van der Waals surface area contributed by atoms with E-state index in [1.165, 1.54) is 0 Å². The van der Waals surface area contributed by atoms with Gasteiger partial charge >= 0.3 is 0 Å². The molecule has 0 aliphatic heterocycles. The summed E-state index contributed by atoms with van der Waals surface area (Å²) in [4.78, 5) is 8.83. The second-order valence-corrected chi connectivity index (χ2v) is 5.72. The monoisotopic (exact) mass is 290 g/mol. The minimum Gasteiger partial charge on any atom is -0.396 e. The zero-order valence-electron chi connectivity index (χ0n) is 13.3. The Bertz CT molecular complexity index is 573. The Hall–Kier alpha value is -1.46. The van der Waals surface area contributed by atoms with E-state index in [1.807, 2.05) is 13.1 Å². The largest absolute Gasteiger partial charge is 0.396 e. The summed E-state index contributed by atoms with van der Waals surface area (Å²) in [5, 5.41) is 12.6. The smallest absolute Gasteiger partial charge is 0.234 e. The summed E-state index contributed by atoms with van der Waals surface area (Å²) in [6.07, 6.45) is 5.07. The highest BCUT2D eigenvalue weighted by Crippen LogP contribution is 2.12. The fourth-order valence-electron chi connectivity index (χ4n) is 2.86. The third-order valence-corrected chi connectivity index (χ3v) is 3.84. The van der Waals surface area contributed by atoms with Crippen molar-refractivity contribution in [3.63, 3.8) is 0 Å². The van der Waals surface area contributed by atoms with Gasteiger partial charge in [0.1, 0.15) is 0 Å². The number of aliphatic hydroxyl groups is 1. The van der Waals surface area contributed by atoms with Crippen LogP contribution in [0.3, 0.4) is 0 Å². The van der Waals surface area contributed by atoms with Gasteiger partial charge in [-0.25, -0.2) is 9.97 Å². The molecule has 5 nitrogen and oxygen atoms in total. The number of hydrogen-bond acceptors (Lipinski definition) is 4. The van der Waals surface area contributed by atoms with E-state index in [0.29, 0.717) is 5.92 Å². The number of aromatic nitrogens is 3. The molecule has 1 atom stereocenters. The molecule has 0 bridgehead atoms. The van der Waals surface area contributed by atoms with Crippen molar-refractivity contribution < 1.29 is 5.11 Å². The van der Waals surface area contributed by atoms with Gasteiger partial charge in [-0.15, -0.1) is 0 Å². The second-order valence-electron chi connectivity index (χ2n) is 5.72. The fourth-order valence-corrected chi connectivity index (χ4v) is 2.86. The molecule has 0 saturated heterocycles. The molecule has 0 aromatic carbocycles. The molecule has 2 aromatic heterocycles. The van der Waals surface area contributed by atoms with Crippen molar-refractivity contribution in [1.29, 1.82) is 0 Å². The van der Waals surface area contributed by atoms with Gasteiger partial charge in [-0.2, -0.15) is 0 Å². The Kier molecular flexibility index (Phi) is 5.70. The second kappa shape index (κ2) is 7.52. The number of aliphatic hydroxyl groups excluding tert-OH is 1. The summed E-state index contributed by atoms with van der Waals surface area (Å²) in [6, 6.07) is 2.07. The van der Waals surface area contributed by atoms with Gasteiger partial charge in [-0.1, -0.05) is 13.3 Å². The van der Waals surface area contributed by atoms with Crippen molar-refractivity contribution in [3.05, 3.63) is 29.3 Å². The van der Waals surface area contributed by atoms with Crippen LogP contribution >= 0.6 is 0 Å². The topological polar surface area (TPSA) is 62.5 Å². The molecule has 0 radical (unpaired) electrons. The standard InChI is InChI=1S/C16H26N4O/c1-4-5-14(6-7-21)9-17-10-15-11-18-16-19-12(2)8-13(3)20(15)16/h8,11,14,17,21H,4-7,9-10H2,1-3H3. The molecular weight excluding hydrogens is 264 g/mol. The van der Waals surface area contributed by atoms with Gasteiger partial charge in [0.25, 0.3) is 0 Å². The summed E-state index contributed by atoms with van der Waals surface area (Å²) in [5.41, 5.74) is 3.29. The third kappa shape index (κ3) is 4.02. The molecule has 0 fully saturated rings. The summed E-state index contributed by atoms with van der Waals surface area (Å²) in [7, 11) is 0. The van der Waals surface area contributed by atoms with Crippen LogP contribution in [0.5, 0.6) is 0 Å². The van der Waals surface area contributed by atoms with Crippen LogP contribution in [0.2, 0.25) is 0 Å². The van der Waals surface area contributed by atoms with Crippen LogP contribution in [0.4, 0.5) is 0 Å². The Morgan fingerprint density at radius 2 is 2.14 bits per heavy atom. The molecule has 116 valence electrons. The van der Waals surface area contributed by atoms with E-state index >= 15 is 0 Å². The number of hydrogen-bond donors (Lipinski definition) is 2. The van der Waals surface area contributed by atoms with Crippen LogP contribution in [-0.2, 0) is 6.54 Å². The van der Waals surface area contributed by atoms with E-state index in [0.717, 1.165) is 55.2 Å². The first-order valence-corrected chi connectivity index (χ1v) is 7.77. The number of fused-ring (bicyclic) bond motifs is 1. The van der Waals surface area contributed by atoms with Gasteiger partial charge in [0.2, 0.25) is 5.78 Å². The quantitative estimate of drug-likeness (QED) is 0.782. The molecule has 5 heteroatoms. The summed E-state index contributed by atoms with van der Waals surface area (Å²) in [6.45, 7) is 8.23. The molecule has 2 heterocycles. The van der Waals surface area contributed by atoms with E-state index in [-0.39, 0.29) is 6.61 Å². The Morgan fingerprint density at radius 1 is 1.33 bits per heavy atom. The van der Waals surface area contributed by atoms with E-state index in [2.05, 4.69) is 39.6 Å². The zero-order chi connectivity index (χ0) is 15.2. The molecule has 0 saturated carbocycles. The van der Waals surface area contributed by atoms with Crippen LogP contribution in [0.1, 0.15) is 43.3 Å². The van der Waals surface area contributed by atoms with Gasteiger partial charge < -0.3 is 10.4 Å². The normalized spacial score (nSPS) is 13.0. The van der Waals surface area contributed by atoms with Crippen LogP contribution in [0.25, 0.3) is 5.78 Å². The first-order valence-electron chi connectivity index (χ1n) is 7.77. The van der Waals surface area contributed by atoms with E-state index in [1.54, 1.807) is 0 Å². The molecule has 0 aliphatic carbocycles. The minimum atomic E-state index is 0.268. The van der Waals surface area contributed by atoms with Crippen molar-refractivity contribution >= 4 is 5.78 Å². The van der Waals surface area contributed by atoms with Gasteiger partial charge in [-0.05, 0) is 45.2 Å². The number of nitrogens with zero attached hydrogens (tertiary/aromatic N) is 3. The SMILES string of the molecule is CCCC(CCO)CNCc1cnc2nc(C)cc(C)n12. The summed E-state index contributed by atoms with van der Waals surface area (Å²) >= 11 is 0. The maximum absolute atomic E-state index is 9.10. The Labute approximate surface area is 126 Å². The summed E-state index contributed by atoms with van der Waals surface area (Å²) in [5.74, 6) is 1.31. The highest BCUT2D eigenvalue weighted by atomic mass is 16.3. The minimum absolute atomic E-state index is 0.268. The maximum Gasteiger partial charge on any atom is 0.234 e. The highest BCUT2D eigenvalue weighted by molar-refractivity contribution is 5.35. The third-order valence-electron chi connectivity index (χ3n) is 3.84. The van der Waals surface area contributed by atoms with Crippen molar-refractivity contribution in [2.75, 3.05) is 13.2 Å². The Balaban J connectivity index is 2.00. The number of nitrogens with one attached hydrogen (secondary N) is 1. The zero-order valence-corrected chi connectivity index (χ0v) is 13.3. The molecule has 0 amide bonds. The van der Waals surface area contributed by atoms with Crippen LogP contribution < -0.4 is 5.32 Å². The predicted molar refractivity (Wildman–Crippen MR) is 84.3 cm³/mol. The van der Waals surface area contributed by atoms with Crippen molar-refractivity contribution in [2.45, 2.75) is 46.6 Å². The fraction of sp³-hybridized carbons (Fsp3) is 0.625. The first-order chi connectivity index (χ1) is 10.2. The van der Waals surface area contributed by atoms with Gasteiger partial charge in [0, 0.05) is 24.5 Å². The lowest BCUT2D eigenvalue weighted by molar-refractivity contribution is 0.248. The van der Waals surface area contributed by atoms with Gasteiger partial charge in [-0.3, -0.25) is 4.40 Å².